The molecule has 3 nitrogen and oxygen atoms in total. The van der Waals surface area contributed by atoms with Crippen LogP contribution in [0.15, 0.2) is 28.7 Å². The second kappa shape index (κ2) is 4.89. The Kier molecular flexibility index (Phi) is 3.20. The molecular formula is C17H21NO2. The molecule has 2 aromatic rings. The standard InChI is InChI=1S/C17H21NO2/c1-10-4-6-15(12(3)17(10)19)18-9-13-5-7-16(20-13)14-8-11(14)2/h4-7,11,14,18-19H,8-9H2,1-3H3. The van der Waals surface area contributed by atoms with Gasteiger partial charge in [-0.3, -0.25) is 0 Å². The summed E-state index contributed by atoms with van der Waals surface area (Å²) in [5.41, 5.74) is 2.73. The van der Waals surface area contributed by atoms with E-state index in [9.17, 15) is 5.11 Å². The van der Waals surface area contributed by atoms with Crippen molar-refractivity contribution < 1.29 is 9.52 Å². The van der Waals surface area contributed by atoms with Crippen LogP contribution in [0.4, 0.5) is 5.69 Å². The number of furan rings is 1. The molecule has 0 saturated heterocycles. The minimum absolute atomic E-state index is 0.363. The number of hydrogen-bond donors (Lipinski definition) is 2. The molecule has 2 N–H and O–H groups in total. The minimum atomic E-state index is 0.363. The Balaban J connectivity index is 1.67. The highest BCUT2D eigenvalue weighted by Crippen LogP contribution is 2.47. The number of phenols is 1. The molecule has 1 fully saturated rings. The molecule has 20 heavy (non-hydrogen) atoms. The summed E-state index contributed by atoms with van der Waals surface area (Å²) in [5, 5.41) is 13.3. The Labute approximate surface area is 119 Å². The summed E-state index contributed by atoms with van der Waals surface area (Å²) in [4.78, 5) is 0. The van der Waals surface area contributed by atoms with Gasteiger partial charge in [0.1, 0.15) is 17.3 Å². The number of phenolic OH excluding ortho intramolecular Hbond substituents is 1. The lowest BCUT2D eigenvalue weighted by Gasteiger charge is -2.11. The summed E-state index contributed by atoms with van der Waals surface area (Å²) in [6, 6.07) is 8.04. The molecule has 0 amide bonds. The molecule has 2 unspecified atom stereocenters. The van der Waals surface area contributed by atoms with Crippen LogP contribution in [0.25, 0.3) is 0 Å². The molecule has 3 heteroatoms. The first-order valence-corrected chi connectivity index (χ1v) is 7.18. The van der Waals surface area contributed by atoms with Crippen molar-refractivity contribution in [3.8, 4) is 5.75 Å². The summed E-state index contributed by atoms with van der Waals surface area (Å²) in [5.74, 6) is 3.80. The monoisotopic (exact) mass is 271 g/mol. The van der Waals surface area contributed by atoms with Crippen molar-refractivity contribution in [2.75, 3.05) is 5.32 Å². The van der Waals surface area contributed by atoms with Crippen LogP contribution in [0.3, 0.4) is 0 Å². The molecule has 0 spiro atoms. The molecule has 1 aromatic carbocycles. The van der Waals surface area contributed by atoms with Gasteiger partial charge in [-0.2, -0.15) is 0 Å². The second-order valence-electron chi connectivity index (χ2n) is 5.88. The Morgan fingerprint density at radius 1 is 1.25 bits per heavy atom. The van der Waals surface area contributed by atoms with E-state index in [0.29, 0.717) is 18.2 Å². The van der Waals surface area contributed by atoms with Crippen molar-refractivity contribution in [1.82, 2.24) is 0 Å². The number of anilines is 1. The highest BCUT2D eigenvalue weighted by atomic mass is 16.3. The van der Waals surface area contributed by atoms with Gasteiger partial charge in [0.2, 0.25) is 0 Å². The van der Waals surface area contributed by atoms with E-state index in [1.165, 1.54) is 6.42 Å². The predicted octanol–water partition coefficient (Wildman–Crippen LogP) is 4.34. The molecule has 106 valence electrons. The number of aromatic hydroxyl groups is 1. The van der Waals surface area contributed by atoms with Gasteiger partial charge in [-0.1, -0.05) is 13.0 Å². The van der Waals surface area contributed by atoms with Crippen LogP contribution in [-0.4, -0.2) is 5.11 Å². The lowest BCUT2D eigenvalue weighted by Crippen LogP contribution is -2.00. The van der Waals surface area contributed by atoms with Gasteiger partial charge in [-0.15, -0.1) is 0 Å². The number of aryl methyl sites for hydroxylation is 1. The van der Waals surface area contributed by atoms with E-state index >= 15 is 0 Å². The summed E-state index contributed by atoms with van der Waals surface area (Å²) in [6.07, 6.45) is 1.24. The minimum Gasteiger partial charge on any atom is -0.507 e. The topological polar surface area (TPSA) is 45.4 Å². The lowest BCUT2D eigenvalue weighted by molar-refractivity contribution is 0.464. The third kappa shape index (κ3) is 2.40. The van der Waals surface area contributed by atoms with E-state index in [0.717, 1.165) is 34.3 Å². The zero-order valence-electron chi connectivity index (χ0n) is 12.2. The van der Waals surface area contributed by atoms with E-state index in [-0.39, 0.29) is 0 Å². The molecule has 0 aliphatic heterocycles. The average molecular weight is 271 g/mol. The van der Waals surface area contributed by atoms with E-state index < -0.39 is 0 Å². The Morgan fingerprint density at radius 2 is 2.00 bits per heavy atom. The van der Waals surface area contributed by atoms with Gasteiger partial charge in [0.15, 0.2) is 0 Å². The van der Waals surface area contributed by atoms with Crippen LogP contribution >= 0.6 is 0 Å². The SMILES string of the molecule is Cc1ccc(NCc2ccc(C3CC3C)o2)c(C)c1O. The molecule has 1 saturated carbocycles. The maximum Gasteiger partial charge on any atom is 0.123 e. The molecular weight excluding hydrogens is 250 g/mol. The molecule has 3 rings (SSSR count). The fraction of sp³-hybridized carbons (Fsp3) is 0.412. The van der Waals surface area contributed by atoms with Crippen molar-refractivity contribution in [3.63, 3.8) is 0 Å². The summed E-state index contributed by atoms with van der Waals surface area (Å²) >= 11 is 0. The van der Waals surface area contributed by atoms with Gasteiger partial charge in [0.25, 0.3) is 0 Å². The van der Waals surface area contributed by atoms with Crippen LogP contribution in [0.2, 0.25) is 0 Å². The maximum atomic E-state index is 9.94. The number of rotatable bonds is 4. The zero-order chi connectivity index (χ0) is 14.3. The fourth-order valence-electron chi connectivity index (χ4n) is 2.62. The van der Waals surface area contributed by atoms with Crippen LogP contribution in [0, 0.1) is 19.8 Å². The van der Waals surface area contributed by atoms with Crippen molar-refractivity contribution in [2.24, 2.45) is 5.92 Å². The van der Waals surface area contributed by atoms with E-state index in [4.69, 9.17) is 4.42 Å². The molecule has 1 heterocycles. The van der Waals surface area contributed by atoms with Crippen molar-refractivity contribution in [1.29, 1.82) is 0 Å². The van der Waals surface area contributed by atoms with Gasteiger partial charge in [0, 0.05) is 17.2 Å². The second-order valence-corrected chi connectivity index (χ2v) is 5.88. The van der Waals surface area contributed by atoms with E-state index in [1.54, 1.807) is 0 Å². The molecule has 0 bridgehead atoms. The van der Waals surface area contributed by atoms with E-state index in [1.807, 2.05) is 32.0 Å². The van der Waals surface area contributed by atoms with Crippen LogP contribution in [0.5, 0.6) is 5.75 Å². The number of benzene rings is 1. The maximum absolute atomic E-state index is 9.94. The van der Waals surface area contributed by atoms with Gasteiger partial charge in [-0.25, -0.2) is 0 Å². The Hall–Kier alpha value is -1.90. The Bertz CT molecular complexity index is 630. The van der Waals surface area contributed by atoms with Gasteiger partial charge >= 0.3 is 0 Å². The largest absolute Gasteiger partial charge is 0.507 e. The summed E-state index contributed by atoms with van der Waals surface area (Å²) in [7, 11) is 0. The third-order valence-corrected chi connectivity index (χ3v) is 4.24. The zero-order valence-corrected chi connectivity index (χ0v) is 12.2. The molecule has 1 aromatic heterocycles. The smallest absolute Gasteiger partial charge is 0.123 e. The molecule has 1 aliphatic carbocycles. The van der Waals surface area contributed by atoms with E-state index in [2.05, 4.69) is 18.3 Å². The molecule has 0 radical (unpaired) electrons. The van der Waals surface area contributed by atoms with Crippen molar-refractivity contribution in [2.45, 2.75) is 39.7 Å². The predicted molar refractivity (Wildman–Crippen MR) is 80.1 cm³/mol. The normalized spacial score (nSPS) is 20.9. The summed E-state index contributed by atoms with van der Waals surface area (Å²) < 4.78 is 5.87. The molecule has 2 atom stereocenters. The van der Waals surface area contributed by atoms with Gasteiger partial charge < -0.3 is 14.8 Å². The highest BCUT2D eigenvalue weighted by molar-refractivity contribution is 5.59. The lowest BCUT2D eigenvalue weighted by atomic mass is 10.1. The fourth-order valence-corrected chi connectivity index (χ4v) is 2.62. The van der Waals surface area contributed by atoms with Crippen LogP contribution in [-0.2, 0) is 6.54 Å². The third-order valence-electron chi connectivity index (χ3n) is 4.24. The molecule has 1 aliphatic rings. The van der Waals surface area contributed by atoms with Crippen LogP contribution in [0.1, 0.15) is 41.9 Å². The van der Waals surface area contributed by atoms with Crippen molar-refractivity contribution in [3.05, 3.63) is 46.9 Å². The first-order chi connectivity index (χ1) is 9.56. The number of nitrogens with one attached hydrogen (secondary N) is 1. The first-order valence-electron chi connectivity index (χ1n) is 7.18. The first kappa shape index (κ1) is 13.1. The Morgan fingerprint density at radius 3 is 2.70 bits per heavy atom. The average Bonchev–Trinajstić information content (AvgIpc) is 2.98. The quantitative estimate of drug-likeness (QED) is 0.869. The van der Waals surface area contributed by atoms with Crippen molar-refractivity contribution >= 4 is 5.69 Å². The van der Waals surface area contributed by atoms with Crippen LogP contribution < -0.4 is 5.32 Å². The number of hydrogen-bond acceptors (Lipinski definition) is 3. The van der Waals surface area contributed by atoms with Gasteiger partial charge in [-0.05, 0) is 49.9 Å². The highest BCUT2D eigenvalue weighted by Gasteiger charge is 2.36. The summed E-state index contributed by atoms with van der Waals surface area (Å²) in [6.45, 7) is 6.72. The van der Waals surface area contributed by atoms with Gasteiger partial charge in [0.05, 0.1) is 6.54 Å².